The van der Waals surface area contributed by atoms with Gasteiger partial charge < -0.3 is 14.8 Å². The molecule has 164 valence electrons. The average molecular weight is 425 g/mol. The van der Waals surface area contributed by atoms with Gasteiger partial charge in [0.2, 0.25) is 0 Å². The summed E-state index contributed by atoms with van der Waals surface area (Å²) in [6, 6.07) is 5.09. The molecule has 0 spiro atoms. The van der Waals surface area contributed by atoms with Gasteiger partial charge in [-0.2, -0.15) is 0 Å². The molecule has 0 bridgehead atoms. The Balaban J connectivity index is 1.34. The minimum atomic E-state index is -0.411. The molecule has 1 amide bonds. The van der Waals surface area contributed by atoms with Crippen LogP contribution in [0.3, 0.4) is 0 Å². The summed E-state index contributed by atoms with van der Waals surface area (Å²) in [6.07, 6.45) is 8.39. The minimum absolute atomic E-state index is 0.0333. The lowest BCUT2D eigenvalue weighted by atomic mass is 9.96. The Morgan fingerprint density at radius 1 is 1.10 bits per heavy atom. The summed E-state index contributed by atoms with van der Waals surface area (Å²) in [6.45, 7) is 2.18. The standard InChI is InChI=1S/C22H28N6O3/c29-22(15-7-10-18(23-17-8-9-17)19(13-15)28(30)31)26-11-4-5-16(14-26)21-25-24-20-6-2-1-3-12-27(20)21/h7,10,13,16-17,23H,1-6,8-9,11-12,14H2. The Kier molecular flexibility index (Phi) is 5.33. The number of anilines is 1. The van der Waals surface area contributed by atoms with Crippen molar-refractivity contribution < 1.29 is 9.72 Å². The second kappa shape index (κ2) is 8.28. The Bertz CT molecular complexity index is 999. The Morgan fingerprint density at radius 3 is 2.77 bits per heavy atom. The molecule has 1 unspecified atom stereocenters. The molecule has 2 fully saturated rings. The number of hydrogen-bond donors (Lipinski definition) is 1. The van der Waals surface area contributed by atoms with Crippen LogP contribution in [0.5, 0.6) is 0 Å². The van der Waals surface area contributed by atoms with Crippen LogP contribution in [0.2, 0.25) is 0 Å². The fourth-order valence-corrected chi connectivity index (χ4v) is 4.75. The van der Waals surface area contributed by atoms with Gasteiger partial charge in [-0.3, -0.25) is 14.9 Å². The maximum atomic E-state index is 13.2. The van der Waals surface area contributed by atoms with E-state index in [1.807, 2.05) is 4.90 Å². The molecule has 9 heteroatoms. The number of fused-ring (bicyclic) bond motifs is 1. The van der Waals surface area contributed by atoms with E-state index >= 15 is 0 Å². The first kappa shape index (κ1) is 20.0. The van der Waals surface area contributed by atoms with Crippen LogP contribution < -0.4 is 5.32 Å². The summed E-state index contributed by atoms with van der Waals surface area (Å²) in [5.74, 6) is 2.05. The first-order valence-electron chi connectivity index (χ1n) is 11.4. The number of carbonyl (C=O) groups is 1. The van der Waals surface area contributed by atoms with Crippen LogP contribution in [-0.4, -0.2) is 49.6 Å². The van der Waals surface area contributed by atoms with Crippen molar-refractivity contribution in [3.05, 3.63) is 45.5 Å². The molecule has 5 rings (SSSR count). The predicted octanol–water partition coefficient (Wildman–Crippen LogP) is 3.51. The van der Waals surface area contributed by atoms with Crippen molar-refractivity contribution in [2.45, 2.75) is 69.9 Å². The van der Waals surface area contributed by atoms with Crippen LogP contribution in [0.1, 0.15) is 72.9 Å². The van der Waals surface area contributed by atoms with Gasteiger partial charge in [0.25, 0.3) is 11.6 Å². The second-order valence-electron chi connectivity index (χ2n) is 8.93. The number of aromatic nitrogens is 3. The number of rotatable bonds is 5. The molecule has 1 aromatic carbocycles. The summed E-state index contributed by atoms with van der Waals surface area (Å²) in [4.78, 5) is 26.2. The summed E-state index contributed by atoms with van der Waals surface area (Å²) < 4.78 is 2.26. The van der Waals surface area contributed by atoms with E-state index in [9.17, 15) is 14.9 Å². The fourth-order valence-electron chi connectivity index (χ4n) is 4.75. The smallest absolute Gasteiger partial charge is 0.293 e. The molecule has 1 saturated heterocycles. The summed E-state index contributed by atoms with van der Waals surface area (Å²) in [5, 5.41) is 23.7. The van der Waals surface area contributed by atoms with Crippen LogP contribution in [0.4, 0.5) is 11.4 Å². The van der Waals surface area contributed by atoms with Gasteiger partial charge in [0, 0.05) is 49.6 Å². The highest BCUT2D eigenvalue weighted by Crippen LogP contribution is 2.33. The van der Waals surface area contributed by atoms with Gasteiger partial charge in [0.15, 0.2) is 0 Å². The lowest BCUT2D eigenvalue weighted by Crippen LogP contribution is -2.39. The molecule has 2 aliphatic heterocycles. The van der Waals surface area contributed by atoms with Gasteiger partial charge in [0.1, 0.15) is 17.3 Å². The summed E-state index contributed by atoms with van der Waals surface area (Å²) in [7, 11) is 0. The van der Waals surface area contributed by atoms with E-state index in [0.717, 1.165) is 63.1 Å². The third-order valence-electron chi connectivity index (χ3n) is 6.59. The number of piperidine rings is 1. The molecular formula is C22H28N6O3. The highest BCUT2D eigenvalue weighted by Gasteiger charge is 2.31. The topological polar surface area (TPSA) is 106 Å². The molecule has 9 nitrogen and oxygen atoms in total. The van der Waals surface area contributed by atoms with Crippen molar-refractivity contribution in [3.63, 3.8) is 0 Å². The van der Waals surface area contributed by atoms with Crippen molar-refractivity contribution in [2.75, 3.05) is 18.4 Å². The van der Waals surface area contributed by atoms with Crippen LogP contribution >= 0.6 is 0 Å². The summed E-state index contributed by atoms with van der Waals surface area (Å²) >= 11 is 0. The van der Waals surface area contributed by atoms with Crippen molar-refractivity contribution in [1.29, 1.82) is 0 Å². The van der Waals surface area contributed by atoms with Crippen molar-refractivity contribution in [3.8, 4) is 0 Å². The fraction of sp³-hybridized carbons (Fsp3) is 0.591. The average Bonchev–Trinajstić information content (AvgIpc) is 3.56. The molecule has 0 radical (unpaired) electrons. The molecule has 1 N–H and O–H groups in total. The first-order chi connectivity index (χ1) is 15.1. The molecule has 1 saturated carbocycles. The number of aryl methyl sites for hydroxylation is 1. The van der Waals surface area contributed by atoms with Crippen LogP contribution in [0, 0.1) is 10.1 Å². The highest BCUT2D eigenvalue weighted by atomic mass is 16.6. The number of amides is 1. The van der Waals surface area contributed by atoms with Gasteiger partial charge >= 0.3 is 0 Å². The van der Waals surface area contributed by atoms with Crippen LogP contribution in [0.15, 0.2) is 18.2 Å². The maximum absolute atomic E-state index is 13.2. The Morgan fingerprint density at radius 2 is 1.97 bits per heavy atom. The number of benzene rings is 1. The van der Waals surface area contributed by atoms with Crippen molar-refractivity contribution in [2.24, 2.45) is 0 Å². The van der Waals surface area contributed by atoms with E-state index in [2.05, 4.69) is 20.1 Å². The van der Waals surface area contributed by atoms with E-state index in [-0.39, 0.29) is 17.5 Å². The highest BCUT2D eigenvalue weighted by molar-refractivity contribution is 5.96. The molecule has 31 heavy (non-hydrogen) atoms. The number of nitro benzene ring substituents is 1. The monoisotopic (exact) mass is 424 g/mol. The van der Waals surface area contributed by atoms with Crippen LogP contribution in [0.25, 0.3) is 0 Å². The van der Waals surface area contributed by atoms with Gasteiger partial charge in [-0.05, 0) is 50.7 Å². The lowest BCUT2D eigenvalue weighted by molar-refractivity contribution is -0.384. The van der Waals surface area contributed by atoms with E-state index in [4.69, 9.17) is 0 Å². The minimum Gasteiger partial charge on any atom is -0.377 e. The number of nitro groups is 1. The molecule has 3 heterocycles. The van der Waals surface area contributed by atoms with Crippen LogP contribution in [-0.2, 0) is 13.0 Å². The normalized spacial score (nSPS) is 21.3. The predicted molar refractivity (Wildman–Crippen MR) is 115 cm³/mol. The number of carbonyl (C=O) groups excluding carboxylic acids is 1. The van der Waals surface area contributed by atoms with Gasteiger partial charge in [-0.1, -0.05) is 6.42 Å². The number of nitrogens with zero attached hydrogens (tertiary/aromatic N) is 5. The van der Waals surface area contributed by atoms with E-state index < -0.39 is 4.92 Å². The lowest BCUT2D eigenvalue weighted by Gasteiger charge is -2.32. The van der Waals surface area contributed by atoms with Crippen molar-refractivity contribution in [1.82, 2.24) is 19.7 Å². The van der Waals surface area contributed by atoms with Gasteiger partial charge in [-0.15, -0.1) is 10.2 Å². The molecule has 1 aromatic heterocycles. The zero-order valence-electron chi connectivity index (χ0n) is 17.6. The first-order valence-corrected chi connectivity index (χ1v) is 11.4. The molecule has 3 aliphatic rings. The third-order valence-corrected chi connectivity index (χ3v) is 6.59. The quantitative estimate of drug-likeness (QED) is 0.582. The maximum Gasteiger partial charge on any atom is 0.293 e. The van der Waals surface area contributed by atoms with Gasteiger partial charge in [0.05, 0.1) is 4.92 Å². The molecule has 2 aromatic rings. The van der Waals surface area contributed by atoms with E-state index in [1.54, 1.807) is 12.1 Å². The zero-order valence-corrected chi connectivity index (χ0v) is 17.6. The summed E-state index contributed by atoms with van der Waals surface area (Å²) in [5.41, 5.74) is 0.828. The largest absolute Gasteiger partial charge is 0.377 e. The molecule has 1 aliphatic carbocycles. The SMILES string of the molecule is O=C(c1ccc(NC2CC2)c([N+](=O)[O-])c1)N1CCCC(c2nnc3n2CCCCC3)C1. The number of likely N-dealkylation sites (tertiary alicyclic amines) is 1. The molecule has 1 atom stereocenters. The number of hydrogen-bond acceptors (Lipinski definition) is 6. The second-order valence-corrected chi connectivity index (χ2v) is 8.93. The third kappa shape index (κ3) is 4.13. The van der Waals surface area contributed by atoms with Crippen molar-refractivity contribution >= 4 is 17.3 Å². The Labute approximate surface area is 181 Å². The van der Waals surface area contributed by atoms with E-state index in [1.165, 1.54) is 12.5 Å². The Hall–Kier alpha value is -2.97. The number of nitrogens with one attached hydrogen (secondary N) is 1. The zero-order chi connectivity index (χ0) is 21.4. The van der Waals surface area contributed by atoms with E-state index in [0.29, 0.717) is 30.4 Å². The van der Waals surface area contributed by atoms with Gasteiger partial charge in [-0.25, -0.2) is 0 Å². The molecular weight excluding hydrogens is 396 g/mol.